The lowest BCUT2D eigenvalue weighted by Gasteiger charge is -2.12. The van der Waals surface area contributed by atoms with E-state index in [4.69, 9.17) is 0 Å². The third-order valence-corrected chi connectivity index (χ3v) is 3.06. The van der Waals surface area contributed by atoms with E-state index >= 15 is 0 Å². The van der Waals surface area contributed by atoms with Crippen molar-refractivity contribution in [3.8, 4) is 0 Å². The molecule has 0 saturated carbocycles. The Morgan fingerprint density at radius 1 is 1.10 bits per heavy atom. The first kappa shape index (κ1) is 14.8. The SMILES string of the molecule is CCC(C)Nc1ccc(NC(=O)Nc2ccccc2)cn1. The second-order valence-corrected chi connectivity index (χ2v) is 4.83. The van der Waals surface area contributed by atoms with Crippen LogP contribution in [0.2, 0.25) is 0 Å². The summed E-state index contributed by atoms with van der Waals surface area (Å²) in [6.07, 6.45) is 2.66. The highest BCUT2D eigenvalue weighted by Gasteiger charge is 2.04. The van der Waals surface area contributed by atoms with Gasteiger partial charge in [-0.25, -0.2) is 9.78 Å². The number of pyridine rings is 1. The van der Waals surface area contributed by atoms with Gasteiger partial charge in [0.05, 0.1) is 11.9 Å². The summed E-state index contributed by atoms with van der Waals surface area (Å²) < 4.78 is 0. The van der Waals surface area contributed by atoms with E-state index in [1.807, 2.05) is 42.5 Å². The zero-order valence-electron chi connectivity index (χ0n) is 12.3. The zero-order valence-corrected chi connectivity index (χ0v) is 12.3. The number of nitrogens with zero attached hydrogens (tertiary/aromatic N) is 1. The lowest BCUT2D eigenvalue weighted by molar-refractivity contribution is 0.262. The van der Waals surface area contributed by atoms with E-state index in [0.29, 0.717) is 11.7 Å². The van der Waals surface area contributed by atoms with Crippen LogP contribution in [0.3, 0.4) is 0 Å². The first-order chi connectivity index (χ1) is 10.2. The van der Waals surface area contributed by atoms with Crippen LogP contribution in [0, 0.1) is 0 Å². The van der Waals surface area contributed by atoms with Crippen molar-refractivity contribution in [2.75, 3.05) is 16.0 Å². The van der Waals surface area contributed by atoms with E-state index < -0.39 is 0 Å². The van der Waals surface area contributed by atoms with Crippen molar-refractivity contribution in [2.24, 2.45) is 0 Å². The fourth-order valence-electron chi connectivity index (χ4n) is 1.72. The fraction of sp³-hybridized carbons (Fsp3) is 0.250. The quantitative estimate of drug-likeness (QED) is 0.779. The van der Waals surface area contributed by atoms with Crippen LogP contribution in [-0.2, 0) is 0 Å². The number of para-hydroxylation sites is 1. The number of carbonyl (C=O) groups is 1. The molecule has 2 aromatic rings. The lowest BCUT2D eigenvalue weighted by Crippen LogP contribution is -2.19. The van der Waals surface area contributed by atoms with Crippen molar-refractivity contribution in [2.45, 2.75) is 26.3 Å². The number of amides is 2. The molecule has 0 radical (unpaired) electrons. The van der Waals surface area contributed by atoms with E-state index in [1.165, 1.54) is 0 Å². The van der Waals surface area contributed by atoms with Crippen molar-refractivity contribution in [3.05, 3.63) is 48.7 Å². The molecule has 0 aliphatic rings. The normalized spacial score (nSPS) is 11.5. The number of hydrogen-bond acceptors (Lipinski definition) is 3. The van der Waals surface area contributed by atoms with Crippen LogP contribution in [0.4, 0.5) is 22.0 Å². The van der Waals surface area contributed by atoms with Crippen molar-refractivity contribution in [3.63, 3.8) is 0 Å². The molecule has 0 saturated heterocycles. The molecule has 2 rings (SSSR count). The van der Waals surface area contributed by atoms with Gasteiger partial charge in [0.2, 0.25) is 0 Å². The van der Waals surface area contributed by atoms with Crippen LogP contribution in [-0.4, -0.2) is 17.1 Å². The van der Waals surface area contributed by atoms with Gasteiger partial charge in [0.15, 0.2) is 0 Å². The van der Waals surface area contributed by atoms with Gasteiger partial charge in [-0.3, -0.25) is 0 Å². The van der Waals surface area contributed by atoms with Crippen LogP contribution >= 0.6 is 0 Å². The smallest absolute Gasteiger partial charge is 0.323 e. The molecule has 3 N–H and O–H groups in total. The maximum Gasteiger partial charge on any atom is 0.323 e. The molecule has 5 nitrogen and oxygen atoms in total. The molecule has 0 fully saturated rings. The fourth-order valence-corrected chi connectivity index (χ4v) is 1.72. The largest absolute Gasteiger partial charge is 0.368 e. The van der Waals surface area contributed by atoms with E-state index in [-0.39, 0.29) is 6.03 Å². The Balaban J connectivity index is 1.89. The maximum absolute atomic E-state index is 11.8. The van der Waals surface area contributed by atoms with Crippen LogP contribution in [0.15, 0.2) is 48.7 Å². The number of hydrogen-bond donors (Lipinski definition) is 3. The summed E-state index contributed by atoms with van der Waals surface area (Å²) in [5.41, 5.74) is 1.40. The predicted octanol–water partition coefficient (Wildman–Crippen LogP) is 3.94. The molecule has 1 aromatic carbocycles. The summed E-state index contributed by atoms with van der Waals surface area (Å²) in [6.45, 7) is 4.21. The zero-order chi connectivity index (χ0) is 15.1. The number of nitrogens with one attached hydrogen (secondary N) is 3. The van der Waals surface area contributed by atoms with Crippen LogP contribution in [0.5, 0.6) is 0 Å². The molecular weight excluding hydrogens is 264 g/mol. The number of carbonyl (C=O) groups excluding carboxylic acids is 1. The highest BCUT2D eigenvalue weighted by Crippen LogP contribution is 2.12. The van der Waals surface area contributed by atoms with E-state index in [1.54, 1.807) is 6.20 Å². The third-order valence-electron chi connectivity index (χ3n) is 3.06. The third kappa shape index (κ3) is 4.80. The Morgan fingerprint density at radius 3 is 2.43 bits per heavy atom. The van der Waals surface area contributed by atoms with Crippen molar-refractivity contribution in [1.82, 2.24) is 4.98 Å². The summed E-state index contributed by atoms with van der Waals surface area (Å²) in [6, 6.07) is 13.1. The topological polar surface area (TPSA) is 66.0 Å². The Hall–Kier alpha value is -2.56. The van der Waals surface area contributed by atoms with Crippen molar-refractivity contribution >= 4 is 23.2 Å². The van der Waals surface area contributed by atoms with Gasteiger partial charge in [0, 0.05) is 11.7 Å². The number of anilines is 3. The molecule has 21 heavy (non-hydrogen) atoms. The summed E-state index contributed by atoms with van der Waals surface area (Å²) in [5.74, 6) is 0.804. The summed E-state index contributed by atoms with van der Waals surface area (Å²) >= 11 is 0. The molecule has 1 atom stereocenters. The summed E-state index contributed by atoms with van der Waals surface area (Å²) in [7, 11) is 0. The molecule has 0 aliphatic heterocycles. The monoisotopic (exact) mass is 284 g/mol. The van der Waals surface area contributed by atoms with Gasteiger partial charge in [-0.1, -0.05) is 25.1 Å². The van der Waals surface area contributed by atoms with Crippen LogP contribution < -0.4 is 16.0 Å². The molecular formula is C16H20N4O. The number of rotatable bonds is 5. The molecule has 1 aromatic heterocycles. The Kier molecular flexibility index (Phi) is 5.15. The van der Waals surface area contributed by atoms with Crippen molar-refractivity contribution in [1.29, 1.82) is 0 Å². The van der Waals surface area contributed by atoms with Gasteiger partial charge in [-0.15, -0.1) is 0 Å². The van der Waals surface area contributed by atoms with Crippen LogP contribution in [0.1, 0.15) is 20.3 Å². The average molecular weight is 284 g/mol. The minimum Gasteiger partial charge on any atom is -0.368 e. The van der Waals surface area contributed by atoms with Crippen LogP contribution in [0.25, 0.3) is 0 Å². The number of urea groups is 1. The van der Waals surface area contributed by atoms with Gasteiger partial charge < -0.3 is 16.0 Å². The molecule has 5 heteroatoms. The summed E-state index contributed by atoms with van der Waals surface area (Å²) in [5, 5.41) is 8.77. The molecule has 0 spiro atoms. The lowest BCUT2D eigenvalue weighted by atomic mass is 10.2. The van der Waals surface area contributed by atoms with Gasteiger partial charge in [-0.2, -0.15) is 0 Å². The van der Waals surface area contributed by atoms with Gasteiger partial charge >= 0.3 is 6.03 Å². The predicted molar refractivity (Wildman–Crippen MR) is 86.7 cm³/mol. The summed E-state index contributed by atoms with van der Waals surface area (Å²) in [4.78, 5) is 16.1. The average Bonchev–Trinajstić information content (AvgIpc) is 2.50. The minimum absolute atomic E-state index is 0.286. The number of benzene rings is 1. The Morgan fingerprint density at radius 2 is 1.81 bits per heavy atom. The van der Waals surface area contributed by atoms with E-state index in [2.05, 4.69) is 34.8 Å². The second-order valence-electron chi connectivity index (χ2n) is 4.83. The minimum atomic E-state index is -0.286. The standard InChI is InChI=1S/C16H20N4O/c1-3-12(2)18-15-10-9-14(11-17-15)20-16(21)19-13-7-5-4-6-8-13/h4-12H,3H2,1-2H3,(H,17,18)(H2,19,20,21). The van der Waals surface area contributed by atoms with Gasteiger partial charge in [0.1, 0.15) is 5.82 Å². The number of aromatic nitrogens is 1. The highest BCUT2D eigenvalue weighted by atomic mass is 16.2. The maximum atomic E-state index is 11.8. The first-order valence-electron chi connectivity index (χ1n) is 7.03. The molecule has 2 amide bonds. The molecule has 1 unspecified atom stereocenters. The van der Waals surface area contributed by atoms with Crippen molar-refractivity contribution < 1.29 is 4.79 Å². The second kappa shape index (κ2) is 7.28. The van der Waals surface area contributed by atoms with Gasteiger partial charge in [-0.05, 0) is 37.6 Å². The molecule has 0 aliphatic carbocycles. The Labute approximate surface area is 124 Å². The van der Waals surface area contributed by atoms with E-state index in [9.17, 15) is 4.79 Å². The highest BCUT2D eigenvalue weighted by molar-refractivity contribution is 5.99. The van der Waals surface area contributed by atoms with E-state index in [0.717, 1.165) is 17.9 Å². The van der Waals surface area contributed by atoms with Gasteiger partial charge in [0.25, 0.3) is 0 Å². The molecule has 0 bridgehead atoms. The molecule has 110 valence electrons. The first-order valence-corrected chi connectivity index (χ1v) is 7.03. The Bertz CT molecular complexity index is 569. The molecule has 1 heterocycles.